The third kappa shape index (κ3) is 4.16. The van der Waals surface area contributed by atoms with Crippen LogP contribution in [-0.4, -0.2) is 20.8 Å². The van der Waals surface area contributed by atoms with E-state index in [0.717, 1.165) is 11.3 Å². The summed E-state index contributed by atoms with van der Waals surface area (Å²) in [7, 11) is 0. The molecule has 21 heavy (non-hydrogen) atoms. The van der Waals surface area contributed by atoms with Crippen molar-refractivity contribution in [2.24, 2.45) is 0 Å². The number of aliphatic hydroxyl groups is 1. The molecule has 1 unspecified atom stereocenters. The molecule has 0 aliphatic carbocycles. The molecule has 0 saturated heterocycles. The monoisotopic (exact) mass is 288 g/mol. The number of nitrogens with zero attached hydrogens (tertiary/aromatic N) is 2. The van der Waals surface area contributed by atoms with Crippen LogP contribution in [-0.2, 0) is 6.54 Å². The Morgan fingerprint density at radius 3 is 2.52 bits per heavy atom. The van der Waals surface area contributed by atoms with Gasteiger partial charge in [0.2, 0.25) is 0 Å². The van der Waals surface area contributed by atoms with E-state index in [2.05, 4.69) is 4.98 Å². The average molecular weight is 288 g/mol. The number of aromatic nitrogens is 2. The van der Waals surface area contributed by atoms with Crippen molar-refractivity contribution in [2.45, 2.75) is 39.5 Å². The molecular formula is C16H20N2O3. The second-order valence-corrected chi connectivity index (χ2v) is 5.27. The molecular weight excluding hydrogens is 268 g/mol. The summed E-state index contributed by atoms with van der Waals surface area (Å²) >= 11 is 0. The van der Waals surface area contributed by atoms with Crippen molar-refractivity contribution in [3.8, 4) is 5.75 Å². The Labute approximate surface area is 123 Å². The molecule has 1 N–H and O–H groups in total. The van der Waals surface area contributed by atoms with Gasteiger partial charge in [0.25, 0.3) is 5.56 Å². The quantitative estimate of drug-likeness (QED) is 0.915. The van der Waals surface area contributed by atoms with E-state index < -0.39 is 6.10 Å². The summed E-state index contributed by atoms with van der Waals surface area (Å²) in [5.41, 5.74) is 1.24. The lowest BCUT2D eigenvalue weighted by Gasteiger charge is -2.14. The maximum absolute atomic E-state index is 11.8. The first-order valence-corrected chi connectivity index (χ1v) is 6.93. The molecule has 1 heterocycles. The minimum absolute atomic E-state index is 0.109. The molecule has 0 radical (unpaired) electrons. The molecule has 2 rings (SSSR count). The molecule has 2 aromatic rings. The zero-order chi connectivity index (χ0) is 15.4. The number of ether oxygens (including phenoxy) is 1. The minimum Gasteiger partial charge on any atom is -0.491 e. The van der Waals surface area contributed by atoms with Crippen LogP contribution in [0.15, 0.2) is 41.5 Å². The summed E-state index contributed by atoms with van der Waals surface area (Å²) in [6.45, 7) is 5.85. The highest BCUT2D eigenvalue weighted by atomic mass is 16.5. The van der Waals surface area contributed by atoms with Crippen molar-refractivity contribution in [1.29, 1.82) is 0 Å². The third-order valence-electron chi connectivity index (χ3n) is 3.02. The van der Waals surface area contributed by atoms with Crippen molar-refractivity contribution in [3.05, 3.63) is 58.3 Å². The zero-order valence-electron chi connectivity index (χ0n) is 12.5. The van der Waals surface area contributed by atoms with E-state index in [4.69, 9.17) is 4.74 Å². The van der Waals surface area contributed by atoms with E-state index in [9.17, 15) is 9.90 Å². The van der Waals surface area contributed by atoms with Crippen molar-refractivity contribution < 1.29 is 9.84 Å². The summed E-state index contributed by atoms with van der Waals surface area (Å²) < 4.78 is 6.95. The molecule has 0 fully saturated rings. The third-order valence-corrected chi connectivity index (χ3v) is 3.02. The second-order valence-electron chi connectivity index (χ2n) is 5.27. The van der Waals surface area contributed by atoms with Crippen LogP contribution in [0.25, 0.3) is 0 Å². The summed E-state index contributed by atoms with van der Waals surface area (Å²) in [5.74, 6) is 0.759. The van der Waals surface area contributed by atoms with Crippen LogP contribution < -0.4 is 10.3 Å². The molecule has 5 nitrogen and oxygen atoms in total. The molecule has 0 spiro atoms. The Morgan fingerprint density at radius 1 is 1.29 bits per heavy atom. The standard InChI is InChI=1S/C16H20N2O3/c1-11(2)21-14-6-4-13(5-7-14)15(19)9-18-10-17-12(3)8-16(18)20/h4-8,10-11,15,19H,9H2,1-3H3. The normalized spacial score (nSPS) is 12.4. The van der Waals surface area contributed by atoms with Gasteiger partial charge in [-0.2, -0.15) is 0 Å². The lowest BCUT2D eigenvalue weighted by molar-refractivity contribution is 0.154. The predicted molar refractivity (Wildman–Crippen MR) is 80.4 cm³/mol. The Kier molecular flexibility index (Phi) is 4.75. The van der Waals surface area contributed by atoms with Gasteiger partial charge in [-0.05, 0) is 38.5 Å². The van der Waals surface area contributed by atoms with Crippen LogP contribution in [0.1, 0.15) is 31.2 Å². The number of hydrogen-bond acceptors (Lipinski definition) is 4. The highest BCUT2D eigenvalue weighted by Crippen LogP contribution is 2.19. The summed E-state index contributed by atoms with van der Waals surface area (Å²) in [4.78, 5) is 15.8. The fourth-order valence-corrected chi connectivity index (χ4v) is 1.99. The number of aliphatic hydroxyl groups excluding tert-OH is 1. The minimum atomic E-state index is -0.764. The van der Waals surface area contributed by atoms with Crippen LogP contribution >= 0.6 is 0 Å². The second kappa shape index (κ2) is 6.54. The van der Waals surface area contributed by atoms with Crippen LogP contribution in [0, 0.1) is 6.92 Å². The highest BCUT2D eigenvalue weighted by molar-refractivity contribution is 5.28. The fourth-order valence-electron chi connectivity index (χ4n) is 1.99. The Hall–Kier alpha value is -2.14. The smallest absolute Gasteiger partial charge is 0.253 e. The molecule has 1 aromatic carbocycles. The van der Waals surface area contributed by atoms with Crippen LogP contribution in [0.2, 0.25) is 0 Å². The van der Waals surface area contributed by atoms with Gasteiger partial charge in [-0.15, -0.1) is 0 Å². The maximum Gasteiger partial charge on any atom is 0.253 e. The van der Waals surface area contributed by atoms with E-state index in [1.165, 1.54) is 17.0 Å². The molecule has 0 amide bonds. The maximum atomic E-state index is 11.8. The largest absolute Gasteiger partial charge is 0.491 e. The topological polar surface area (TPSA) is 64.4 Å². The molecule has 112 valence electrons. The summed E-state index contributed by atoms with van der Waals surface area (Å²) in [6, 6.07) is 8.68. The van der Waals surface area contributed by atoms with Gasteiger partial charge in [-0.1, -0.05) is 12.1 Å². The highest BCUT2D eigenvalue weighted by Gasteiger charge is 2.10. The molecule has 5 heteroatoms. The molecule has 1 aromatic heterocycles. The number of aryl methyl sites for hydroxylation is 1. The van der Waals surface area contributed by atoms with E-state index in [1.807, 2.05) is 26.0 Å². The van der Waals surface area contributed by atoms with Gasteiger partial charge in [-0.25, -0.2) is 4.98 Å². The van der Waals surface area contributed by atoms with Crippen LogP contribution in [0.3, 0.4) is 0 Å². The zero-order valence-corrected chi connectivity index (χ0v) is 12.5. The van der Waals surface area contributed by atoms with Crippen LogP contribution in [0.5, 0.6) is 5.75 Å². The first kappa shape index (κ1) is 15.3. The van der Waals surface area contributed by atoms with Gasteiger partial charge in [-0.3, -0.25) is 9.36 Å². The molecule has 0 aliphatic rings. The Morgan fingerprint density at radius 2 is 1.95 bits per heavy atom. The van der Waals surface area contributed by atoms with Gasteiger partial charge in [0.05, 0.1) is 25.1 Å². The van der Waals surface area contributed by atoms with Gasteiger partial charge < -0.3 is 9.84 Å². The van der Waals surface area contributed by atoms with E-state index in [-0.39, 0.29) is 18.2 Å². The van der Waals surface area contributed by atoms with Crippen molar-refractivity contribution in [2.75, 3.05) is 0 Å². The SMILES string of the molecule is Cc1cc(=O)n(CC(O)c2ccc(OC(C)C)cc2)cn1. The summed E-state index contributed by atoms with van der Waals surface area (Å²) in [6.07, 6.45) is 0.801. The van der Waals surface area contributed by atoms with Gasteiger partial charge in [0, 0.05) is 11.8 Å². The molecule has 0 aliphatic heterocycles. The van der Waals surface area contributed by atoms with Gasteiger partial charge in [0.1, 0.15) is 5.75 Å². The fraction of sp³-hybridized carbons (Fsp3) is 0.375. The van der Waals surface area contributed by atoms with Crippen molar-refractivity contribution >= 4 is 0 Å². The van der Waals surface area contributed by atoms with Crippen molar-refractivity contribution in [1.82, 2.24) is 9.55 Å². The van der Waals surface area contributed by atoms with E-state index in [0.29, 0.717) is 5.69 Å². The number of rotatable bonds is 5. The molecule has 0 saturated carbocycles. The lowest BCUT2D eigenvalue weighted by Crippen LogP contribution is -2.23. The average Bonchev–Trinajstić information content (AvgIpc) is 2.42. The first-order valence-electron chi connectivity index (χ1n) is 6.93. The van der Waals surface area contributed by atoms with Gasteiger partial charge >= 0.3 is 0 Å². The first-order chi connectivity index (χ1) is 9.95. The number of benzene rings is 1. The predicted octanol–water partition coefficient (Wildman–Crippen LogP) is 2.07. The Bertz CT molecular complexity index is 647. The van der Waals surface area contributed by atoms with Crippen LogP contribution in [0.4, 0.5) is 0 Å². The molecule has 0 bridgehead atoms. The molecule has 1 atom stereocenters. The summed E-state index contributed by atoms with van der Waals surface area (Å²) in [5, 5.41) is 10.2. The van der Waals surface area contributed by atoms with Crippen molar-refractivity contribution in [3.63, 3.8) is 0 Å². The van der Waals surface area contributed by atoms with E-state index >= 15 is 0 Å². The van der Waals surface area contributed by atoms with Gasteiger partial charge in [0.15, 0.2) is 0 Å². The number of hydrogen-bond donors (Lipinski definition) is 1. The lowest BCUT2D eigenvalue weighted by atomic mass is 10.1. The van der Waals surface area contributed by atoms with E-state index in [1.54, 1.807) is 19.1 Å². The Balaban J connectivity index is 2.09.